The standard InChI is InChI=1S/C17H25NO2/c1-2-16(14-8-4-3-5-9-14)17(20)18(12-13-19)15-10-6-7-11-15/h3-5,8-9,15-16,19H,2,6-7,10-13H2,1H3. The van der Waals surface area contributed by atoms with Crippen molar-refractivity contribution in [2.45, 2.75) is 51.0 Å². The first-order valence-corrected chi connectivity index (χ1v) is 7.74. The van der Waals surface area contributed by atoms with E-state index in [0.717, 1.165) is 24.8 Å². The Hall–Kier alpha value is -1.35. The molecule has 3 nitrogen and oxygen atoms in total. The second kappa shape index (κ2) is 7.44. The van der Waals surface area contributed by atoms with Gasteiger partial charge in [-0.25, -0.2) is 0 Å². The number of aliphatic hydroxyl groups excluding tert-OH is 1. The molecule has 0 spiro atoms. The fourth-order valence-corrected chi connectivity index (χ4v) is 3.23. The Morgan fingerprint density at radius 3 is 2.50 bits per heavy atom. The topological polar surface area (TPSA) is 40.5 Å². The van der Waals surface area contributed by atoms with Gasteiger partial charge in [-0.05, 0) is 24.8 Å². The molecule has 1 aromatic carbocycles. The van der Waals surface area contributed by atoms with Crippen LogP contribution in [0.15, 0.2) is 30.3 Å². The molecule has 1 atom stereocenters. The fourth-order valence-electron chi connectivity index (χ4n) is 3.23. The van der Waals surface area contributed by atoms with Crippen LogP contribution in [-0.4, -0.2) is 35.1 Å². The number of hydrogen-bond donors (Lipinski definition) is 1. The highest BCUT2D eigenvalue weighted by atomic mass is 16.3. The Morgan fingerprint density at radius 2 is 1.95 bits per heavy atom. The lowest BCUT2D eigenvalue weighted by molar-refractivity contribution is -0.135. The summed E-state index contributed by atoms with van der Waals surface area (Å²) in [5.41, 5.74) is 1.08. The van der Waals surface area contributed by atoms with Crippen LogP contribution in [0.3, 0.4) is 0 Å². The average Bonchev–Trinajstić information content (AvgIpc) is 3.00. The van der Waals surface area contributed by atoms with Gasteiger partial charge in [0.25, 0.3) is 0 Å². The van der Waals surface area contributed by atoms with Crippen molar-refractivity contribution in [2.75, 3.05) is 13.2 Å². The molecule has 0 saturated heterocycles. The van der Waals surface area contributed by atoms with E-state index in [0.29, 0.717) is 12.6 Å². The van der Waals surface area contributed by atoms with E-state index in [1.165, 1.54) is 12.8 Å². The summed E-state index contributed by atoms with van der Waals surface area (Å²) < 4.78 is 0. The molecule has 20 heavy (non-hydrogen) atoms. The Morgan fingerprint density at radius 1 is 1.30 bits per heavy atom. The Balaban J connectivity index is 2.16. The van der Waals surface area contributed by atoms with E-state index in [-0.39, 0.29) is 18.4 Å². The van der Waals surface area contributed by atoms with E-state index >= 15 is 0 Å². The van der Waals surface area contributed by atoms with Crippen LogP contribution < -0.4 is 0 Å². The molecule has 3 heteroatoms. The molecule has 0 bridgehead atoms. The number of aliphatic hydroxyl groups is 1. The second-order valence-corrected chi connectivity index (χ2v) is 5.57. The van der Waals surface area contributed by atoms with Gasteiger partial charge >= 0.3 is 0 Å². The van der Waals surface area contributed by atoms with Gasteiger partial charge in [-0.1, -0.05) is 50.1 Å². The quantitative estimate of drug-likeness (QED) is 0.867. The molecule has 0 aliphatic heterocycles. The molecule has 0 heterocycles. The summed E-state index contributed by atoms with van der Waals surface area (Å²) in [6.45, 7) is 2.57. The number of rotatable bonds is 6. The van der Waals surface area contributed by atoms with Gasteiger partial charge in [0.1, 0.15) is 0 Å². The zero-order valence-electron chi connectivity index (χ0n) is 12.3. The maximum atomic E-state index is 12.9. The highest BCUT2D eigenvalue weighted by molar-refractivity contribution is 5.84. The van der Waals surface area contributed by atoms with Crippen molar-refractivity contribution >= 4 is 5.91 Å². The molecular formula is C17H25NO2. The molecular weight excluding hydrogens is 250 g/mol. The SMILES string of the molecule is CCC(C(=O)N(CCO)C1CCCC1)c1ccccc1. The Bertz CT molecular complexity index is 412. The molecule has 1 aliphatic carbocycles. The third-order valence-corrected chi connectivity index (χ3v) is 4.30. The van der Waals surface area contributed by atoms with Gasteiger partial charge in [0, 0.05) is 12.6 Å². The van der Waals surface area contributed by atoms with Gasteiger partial charge in [0.2, 0.25) is 5.91 Å². The van der Waals surface area contributed by atoms with Gasteiger partial charge in [0.05, 0.1) is 12.5 Å². The monoisotopic (exact) mass is 275 g/mol. The summed E-state index contributed by atoms with van der Waals surface area (Å²) in [6.07, 6.45) is 5.36. The Labute approximate surface area is 121 Å². The highest BCUT2D eigenvalue weighted by Crippen LogP contribution is 2.28. The molecule has 2 rings (SSSR count). The van der Waals surface area contributed by atoms with Crippen molar-refractivity contribution < 1.29 is 9.90 Å². The molecule has 0 radical (unpaired) electrons. The predicted molar refractivity (Wildman–Crippen MR) is 80.5 cm³/mol. The minimum absolute atomic E-state index is 0.0491. The van der Waals surface area contributed by atoms with Crippen molar-refractivity contribution in [1.82, 2.24) is 4.90 Å². The smallest absolute Gasteiger partial charge is 0.230 e. The van der Waals surface area contributed by atoms with Gasteiger partial charge < -0.3 is 10.0 Å². The molecule has 1 unspecified atom stereocenters. The minimum Gasteiger partial charge on any atom is -0.395 e. The summed E-state index contributed by atoms with van der Waals surface area (Å²) in [5.74, 6) is 0.100. The normalized spacial score (nSPS) is 17.1. The molecule has 1 amide bonds. The third kappa shape index (κ3) is 3.40. The van der Waals surface area contributed by atoms with Crippen LogP contribution >= 0.6 is 0 Å². The van der Waals surface area contributed by atoms with Crippen LogP contribution in [0.4, 0.5) is 0 Å². The first-order chi connectivity index (χ1) is 9.77. The summed E-state index contributed by atoms with van der Waals surface area (Å²) >= 11 is 0. The van der Waals surface area contributed by atoms with Crippen molar-refractivity contribution in [3.8, 4) is 0 Å². The number of carbonyl (C=O) groups excluding carboxylic acids is 1. The van der Waals surface area contributed by atoms with Crippen LogP contribution in [-0.2, 0) is 4.79 Å². The van der Waals surface area contributed by atoms with Crippen molar-refractivity contribution in [3.63, 3.8) is 0 Å². The molecule has 1 N–H and O–H groups in total. The number of amides is 1. The minimum atomic E-state index is -0.0802. The Kier molecular flexibility index (Phi) is 5.60. The van der Waals surface area contributed by atoms with E-state index in [9.17, 15) is 9.90 Å². The lowest BCUT2D eigenvalue weighted by Crippen LogP contribution is -2.43. The van der Waals surface area contributed by atoms with E-state index in [1.54, 1.807) is 0 Å². The van der Waals surface area contributed by atoms with Crippen LogP contribution in [0, 0.1) is 0 Å². The largest absolute Gasteiger partial charge is 0.395 e. The summed E-state index contributed by atoms with van der Waals surface area (Å²) in [7, 11) is 0. The molecule has 0 aromatic heterocycles. The molecule has 1 fully saturated rings. The fraction of sp³-hybridized carbons (Fsp3) is 0.588. The number of benzene rings is 1. The van der Waals surface area contributed by atoms with Gasteiger partial charge in [-0.15, -0.1) is 0 Å². The van der Waals surface area contributed by atoms with Crippen LogP contribution in [0.2, 0.25) is 0 Å². The van der Waals surface area contributed by atoms with Gasteiger partial charge in [-0.3, -0.25) is 4.79 Å². The average molecular weight is 275 g/mol. The molecule has 1 aliphatic rings. The first kappa shape index (κ1) is 15.0. The third-order valence-electron chi connectivity index (χ3n) is 4.30. The zero-order chi connectivity index (χ0) is 14.4. The summed E-state index contributed by atoms with van der Waals surface area (Å²) in [4.78, 5) is 14.8. The first-order valence-electron chi connectivity index (χ1n) is 7.74. The number of hydrogen-bond acceptors (Lipinski definition) is 2. The maximum absolute atomic E-state index is 12.9. The van der Waals surface area contributed by atoms with Crippen LogP contribution in [0.1, 0.15) is 50.5 Å². The number of nitrogens with zero attached hydrogens (tertiary/aromatic N) is 1. The molecule has 1 saturated carbocycles. The number of carbonyl (C=O) groups is 1. The van der Waals surface area contributed by atoms with Gasteiger partial charge in [0.15, 0.2) is 0 Å². The van der Waals surface area contributed by atoms with E-state index < -0.39 is 0 Å². The van der Waals surface area contributed by atoms with E-state index in [2.05, 4.69) is 6.92 Å². The lowest BCUT2D eigenvalue weighted by atomic mass is 9.94. The molecule has 110 valence electrons. The van der Waals surface area contributed by atoms with E-state index in [1.807, 2.05) is 35.2 Å². The summed E-state index contributed by atoms with van der Waals surface area (Å²) in [5, 5.41) is 9.28. The maximum Gasteiger partial charge on any atom is 0.230 e. The van der Waals surface area contributed by atoms with E-state index in [4.69, 9.17) is 0 Å². The van der Waals surface area contributed by atoms with Gasteiger partial charge in [-0.2, -0.15) is 0 Å². The van der Waals surface area contributed by atoms with Crippen molar-refractivity contribution in [2.24, 2.45) is 0 Å². The highest BCUT2D eigenvalue weighted by Gasteiger charge is 2.30. The van der Waals surface area contributed by atoms with Crippen LogP contribution in [0.25, 0.3) is 0 Å². The van der Waals surface area contributed by atoms with Crippen molar-refractivity contribution in [3.05, 3.63) is 35.9 Å². The second-order valence-electron chi connectivity index (χ2n) is 5.57. The lowest BCUT2D eigenvalue weighted by Gasteiger charge is -2.32. The summed E-state index contributed by atoms with van der Waals surface area (Å²) in [6, 6.07) is 10.3. The predicted octanol–water partition coefficient (Wildman–Crippen LogP) is 2.94. The molecule has 1 aromatic rings. The van der Waals surface area contributed by atoms with Crippen molar-refractivity contribution in [1.29, 1.82) is 0 Å². The zero-order valence-corrected chi connectivity index (χ0v) is 12.3. The van der Waals surface area contributed by atoms with Crippen LogP contribution in [0.5, 0.6) is 0 Å².